The topological polar surface area (TPSA) is 108 Å². The zero-order valence-electron chi connectivity index (χ0n) is 19.6. The number of nitrogens with zero attached hydrogens (tertiary/aromatic N) is 2. The van der Waals surface area contributed by atoms with Crippen molar-refractivity contribution in [3.8, 4) is 5.75 Å². The van der Waals surface area contributed by atoms with Gasteiger partial charge in [-0.15, -0.1) is 0 Å². The fourth-order valence-electron chi connectivity index (χ4n) is 4.63. The van der Waals surface area contributed by atoms with Crippen LogP contribution in [0.2, 0.25) is 0 Å². The summed E-state index contributed by atoms with van der Waals surface area (Å²) in [6.45, 7) is 6.06. The highest BCUT2D eigenvalue weighted by Gasteiger charge is 2.34. The molecule has 0 radical (unpaired) electrons. The quantitative estimate of drug-likeness (QED) is 0.652. The van der Waals surface area contributed by atoms with E-state index in [-0.39, 0.29) is 34.1 Å². The number of ether oxygens (including phenoxy) is 1. The Bertz CT molecular complexity index is 1190. The molecule has 2 atom stereocenters. The highest BCUT2D eigenvalue weighted by molar-refractivity contribution is 7.89. The third-order valence-electron chi connectivity index (χ3n) is 6.15. The van der Waals surface area contributed by atoms with E-state index in [0.29, 0.717) is 37.6 Å². The molecule has 2 aromatic carbocycles. The number of hydrogen-bond donors (Lipinski definition) is 2. The summed E-state index contributed by atoms with van der Waals surface area (Å²) in [4.78, 5) is 26.5. The van der Waals surface area contributed by atoms with Gasteiger partial charge >= 0.3 is 6.03 Å². The molecule has 2 aliphatic rings. The molecule has 2 fully saturated rings. The van der Waals surface area contributed by atoms with Crippen molar-refractivity contribution in [2.24, 2.45) is 11.8 Å². The number of anilines is 2. The van der Waals surface area contributed by atoms with Gasteiger partial charge in [-0.05, 0) is 54.7 Å². The van der Waals surface area contributed by atoms with E-state index in [0.717, 1.165) is 6.42 Å². The SMILES string of the molecule is COc1ccc(C(=O)Nc2cccc(N3CCNC3=O)c2)cc1S(=O)(=O)N1CC(C)CC(C)C1. The molecular weight excluding hydrogens is 456 g/mol. The monoisotopic (exact) mass is 486 g/mol. The maximum atomic E-state index is 13.5. The van der Waals surface area contributed by atoms with Gasteiger partial charge in [-0.3, -0.25) is 9.69 Å². The third kappa shape index (κ3) is 4.88. The second kappa shape index (κ2) is 9.63. The lowest BCUT2D eigenvalue weighted by molar-refractivity contribution is 0.102. The zero-order chi connectivity index (χ0) is 24.5. The molecule has 2 aliphatic heterocycles. The summed E-state index contributed by atoms with van der Waals surface area (Å²) in [6.07, 6.45) is 0.976. The first-order valence-electron chi connectivity index (χ1n) is 11.3. The van der Waals surface area contributed by atoms with Crippen LogP contribution in [0.3, 0.4) is 0 Å². The molecule has 3 amide bonds. The van der Waals surface area contributed by atoms with Crippen LogP contribution in [0.15, 0.2) is 47.4 Å². The van der Waals surface area contributed by atoms with Crippen molar-refractivity contribution in [2.75, 3.05) is 43.5 Å². The Morgan fingerprint density at radius 1 is 1.12 bits per heavy atom. The molecule has 0 spiro atoms. The number of carbonyl (C=O) groups is 2. The van der Waals surface area contributed by atoms with Crippen molar-refractivity contribution < 1.29 is 22.7 Å². The summed E-state index contributed by atoms with van der Waals surface area (Å²) >= 11 is 0. The number of methoxy groups -OCH3 is 1. The Kier molecular flexibility index (Phi) is 6.81. The molecule has 2 aromatic rings. The largest absolute Gasteiger partial charge is 0.495 e. The first-order valence-corrected chi connectivity index (χ1v) is 12.8. The molecule has 2 N–H and O–H groups in total. The van der Waals surface area contributed by atoms with Crippen molar-refractivity contribution in [3.63, 3.8) is 0 Å². The first kappa shape index (κ1) is 24.0. The van der Waals surface area contributed by atoms with Gasteiger partial charge < -0.3 is 15.4 Å². The number of benzene rings is 2. The maximum Gasteiger partial charge on any atom is 0.321 e. The fourth-order valence-corrected chi connectivity index (χ4v) is 6.49. The lowest BCUT2D eigenvalue weighted by Gasteiger charge is -2.34. The van der Waals surface area contributed by atoms with Gasteiger partial charge in [0, 0.05) is 43.1 Å². The molecule has 0 aliphatic carbocycles. The lowest BCUT2D eigenvalue weighted by Crippen LogP contribution is -2.42. The Morgan fingerprint density at radius 3 is 2.50 bits per heavy atom. The van der Waals surface area contributed by atoms with Crippen molar-refractivity contribution in [1.82, 2.24) is 9.62 Å². The van der Waals surface area contributed by atoms with E-state index < -0.39 is 15.9 Å². The van der Waals surface area contributed by atoms with E-state index in [4.69, 9.17) is 4.74 Å². The Balaban J connectivity index is 1.59. The van der Waals surface area contributed by atoms with Crippen molar-refractivity contribution >= 4 is 33.3 Å². The van der Waals surface area contributed by atoms with E-state index >= 15 is 0 Å². The van der Waals surface area contributed by atoms with Gasteiger partial charge in [0.15, 0.2) is 0 Å². The van der Waals surface area contributed by atoms with E-state index in [2.05, 4.69) is 10.6 Å². The van der Waals surface area contributed by atoms with Gasteiger partial charge in [0.2, 0.25) is 10.0 Å². The van der Waals surface area contributed by atoms with E-state index in [1.165, 1.54) is 29.6 Å². The molecule has 0 saturated carbocycles. The number of sulfonamides is 1. The standard InChI is InChI=1S/C24H30N4O5S/c1-16-11-17(2)15-27(14-16)34(31,32)22-12-18(7-8-21(22)33-3)23(29)26-19-5-4-6-20(13-19)28-10-9-25-24(28)30/h4-8,12-13,16-17H,9-11,14-15H2,1-3H3,(H,25,30)(H,26,29). The van der Waals surface area contributed by atoms with Gasteiger partial charge in [-0.2, -0.15) is 4.31 Å². The van der Waals surface area contributed by atoms with Crippen LogP contribution in [0.4, 0.5) is 16.2 Å². The maximum absolute atomic E-state index is 13.5. The summed E-state index contributed by atoms with van der Waals surface area (Å²) in [5, 5.41) is 5.54. The molecule has 9 nitrogen and oxygen atoms in total. The van der Waals surface area contributed by atoms with Crippen LogP contribution in [0, 0.1) is 11.8 Å². The van der Waals surface area contributed by atoms with Gasteiger partial charge in [0.25, 0.3) is 5.91 Å². The molecule has 4 rings (SSSR count). The van der Waals surface area contributed by atoms with Gasteiger partial charge in [-0.25, -0.2) is 13.2 Å². The van der Waals surface area contributed by atoms with Crippen LogP contribution in [0.25, 0.3) is 0 Å². The van der Waals surface area contributed by atoms with E-state index in [9.17, 15) is 18.0 Å². The molecule has 0 aromatic heterocycles. The van der Waals surface area contributed by atoms with Crippen molar-refractivity contribution in [1.29, 1.82) is 0 Å². The number of rotatable bonds is 6. The predicted octanol–water partition coefficient (Wildman–Crippen LogP) is 3.14. The van der Waals surface area contributed by atoms with Crippen LogP contribution in [-0.4, -0.2) is 58.0 Å². The highest BCUT2D eigenvalue weighted by atomic mass is 32.2. The van der Waals surface area contributed by atoms with Crippen LogP contribution in [0.1, 0.15) is 30.6 Å². The van der Waals surface area contributed by atoms with E-state index in [1.54, 1.807) is 29.2 Å². The predicted molar refractivity (Wildman–Crippen MR) is 130 cm³/mol. The number of amides is 3. The Morgan fingerprint density at radius 2 is 1.85 bits per heavy atom. The number of nitrogens with one attached hydrogen (secondary N) is 2. The average molecular weight is 487 g/mol. The molecule has 2 heterocycles. The molecule has 182 valence electrons. The summed E-state index contributed by atoms with van der Waals surface area (Å²) < 4.78 is 33.8. The van der Waals surface area contributed by atoms with E-state index in [1.807, 2.05) is 13.8 Å². The molecule has 10 heteroatoms. The van der Waals surface area contributed by atoms with Gasteiger partial charge in [-0.1, -0.05) is 19.9 Å². The van der Waals surface area contributed by atoms with Crippen molar-refractivity contribution in [3.05, 3.63) is 48.0 Å². The van der Waals surface area contributed by atoms with Crippen LogP contribution in [0.5, 0.6) is 5.75 Å². The molecule has 34 heavy (non-hydrogen) atoms. The number of urea groups is 1. The molecule has 2 saturated heterocycles. The number of carbonyl (C=O) groups excluding carboxylic acids is 2. The summed E-state index contributed by atoms with van der Waals surface area (Å²) in [6, 6.07) is 11.2. The van der Waals surface area contributed by atoms with Crippen molar-refractivity contribution in [2.45, 2.75) is 25.2 Å². The second-order valence-electron chi connectivity index (χ2n) is 9.02. The first-order chi connectivity index (χ1) is 16.2. The van der Waals surface area contributed by atoms with Gasteiger partial charge in [0.1, 0.15) is 10.6 Å². The fraction of sp³-hybridized carbons (Fsp3) is 0.417. The normalized spacial score (nSPS) is 21.3. The van der Waals surface area contributed by atoms with Crippen LogP contribution < -0.4 is 20.3 Å². The number of piperidine rings is 1. The lowest BCUT2D eigenvalue weighted by atomic mass is 9.94. The Hall–Kier alpha value is -3.11. The molecular formula is C24H30N4O5S. The van der Waals surface area contributed by atoms with Crippen LogP contribution >= 0.6 is 0 Å². The summed E-state index contributed by atoms with van der Waals surface area (Å²) in [7, 11) is -2.43. The second-order valence-corrected chi connectivity index (χ2v) is 10.9. The smallest absolute Gasteiger partial charge is 0.321 e. The highest BCUT2D eigenvalue weighted by Crippen LogP contribution is 2.32. The summed E-state index contributed by atoms with van der Waals surface area (Å²) in [5.41, 5.74) is 1.36. The minimum atomic E-state index is -3.85. The third-order valence-corrected chi connectivity index (χ3v) is 8.00. The zero-order valence-corrected chi connectivity index (χ0v) is 20.4. The number of hydrogen-bond acceptors (Lipinski definition) is 5. The minimum absolute atomic E-state index is 0.0218. The molecule has 0 bridgehead atoms. The minimum Gasteiger partial charge on any atom is -0.495 e. The Labute approximate surface area is 200 Å². The van der Waals surface area contributed by atoms with Gasteiger partial charge in [0.05, 0.1) is 7.11 Å². The average Bonchev–Trinajstić information content (AvgIpc) is 3.24. The summed E-state index contributed by atoms with van der Waals surface area (Å²) in [5.74, 6) is 0.244. The molecule has 2 unspecified atom stereocenters. The van der Waals surface area contributed by atoms with Crippen LogP contribution in [-0.2, 0) is 10.0 Å².